The number of amides is 1. The molecule has 0 fully saturated rings. The summed E-state index contributed by atoms with van der Waals surface area (Å²) in [5, 5.41) is 12.1. The lowest BCUT2D eigenvalue weighted by Gasteiger charge is -2.10. The van der Waals surface area contributed by atoms with Crippen molar-refractivity contribution >= 4 is 65.5 Å². The molecule has 0 bridgehead atoms. The lowest BCUT2D eigenvalue weighted by Crippen LogP contribution is -2.14. The highest BCUT2D eigenvalue weighted by Crippen LogP contribution is 2.33. The minimum atomic E-state index is -0.486. The fourth-order valence-corrected chi connectivity index (χ4v) is 4.26. The number of nitriles is 1. The number of ether oxygens (including phenoxy) is 1. The predicted octanol–water partition coefficient (Wildman–Crippen LogP) is 5.84. The van der Waals surface area contributed by atoms with Crippen molar-refractivity contribution in [2.45, 2.75) is 6.92 Å². The van der Waals surface area contributed by atoms with E-state index in [2.05, 4.69) is 53.1 Å². The Kier molecular flexibility index (Phi) is 6.82. The number of benzene rings is 2. The van der Waals surface area contributed by atoms with Gasteiger partial charge in [0.25, 0.3) is 5.91 Å². The second-order valence-electron chi connectivity index (χ2n) is 5.12. The van der Waals surface area contributed by atoms with Crippen LogP contribution >= 0.6 is 47.8 Å². The molecule has 7 heteroatoms. The molecule has 0 aliphatic carbocycles. The first-order valence-corrected chi connectivity index (χ1v) is 9.46. The maximum atomic E-state index is 12.5. The van der Waals surface area contributed by atoms with Gasteiger partial charge >= 0.3 is 0 Å². The summed E-state index contributed by atoms with van der Waals surface area (Å²) >= 11 is 10.2. The number of anilines is 1. The molecule has 25 heavy (non-hydrogen) atoms. The molecule has 128 valence electrons. The summed E-state index contributed by atoms with van der Waals surface area (Å²) in [5.74, 6) is 0.187. The van der Waals surface area contributed by atoms with Crippen molar-refractivity contribution in [1.82, 2.24) is 0 Å². The number of carbonyl (C=O) groups excluding carboxylic acids is 1. The minimum Gasteiger partial charge on any atom is -0.496 e. The van der Waals surface area contributed by atoms with Gasteiger partial charge in [-0.2, -0.15) is 5.26 Å². The van der Waals surface area contributed by atoms with Gasteiger partial charge in [-0.15, -0.1) is 0 Å². The number of carbonyl (C=O) groups is 1. The van der Waals surface area contributed by atoms with E-state index in [9.17, 15) is 10.1 Å². The van der Waals surface area contributed by atoms with Crippen LogP contribution in [-0.2, 0) is 4.79 Å². The number of rotatable bonds is 4. The Labute approximate surface area is 171 Å². The molecule has 0 saturated carbocycles. The van der Waals surface area contributed by atoms with E-state index in [-0.39, 0.29) is 5.57 Å². The van der Waals surface area contributed by atoms with Crippen molar-refractivity contribution in [1.29, 1.82) is 5.26 Å². The fourth-order valence-electron chi connectivity index (χ4n) is 2.09. The van der Waals surface area contributed by atoms with Crippen LogP contribution in [0.4, 0.5) is 5.69 Å². The zero-order valence-electron chi connectivity index (χ0n) is 13.4. The molecular weight excluding hydrogens is 516 g/mol. The van der Waals surface area contributed by atoms with E-state index in [0.717, 1.165) is 19.0 Å². The maximum Gasteiger partial charge on any atom is 0.266 e. The molecule has 0 atom stereocenters. The van der Waals surface area contributed by atoms with E-state index in [1.54, 1.807) is 25.3 Å². The highest BCUT2D eigenvalue weighted by atomic mass is 79.9. The molecule has 0 unspecified atom stereocenters. The number of halogens is 3. The van der Waals surface area contributed by atoms with Gasteiger partial charge in [-0.25, -0.2) is 0 Å². The summed E-state index contributed by atoms with van der Waals surface area (Å²) in [6.07, 6.45) is 1.52. The highest BCUT2D eigenvalue weighted by Gasteiger charge is 2.14. The molecule has 0 heterocycles. The molecule has 0 spiro atoms. The van der Waals surface area contributed by atoms with Crippen LogP contribution in [0.25, 0.3) is 6.08 Å². The molecule has 0 aromatic heterocycles. The second kappa shape index (κ2) is 8.65. The fraction of sp³-hybridized carbons (Fsp3) is 0.111. The van der Waals surface area contributed by atoms with E-state index >= 15 is 0 Å². The number of nitrogens with zero attached hydrogens (tertiary/aromatic N) is 1. The number of methoxy groups -OCH3 is 1. The molecule has 2 aromatic carbocycles. The topological polar surface area (TPSA) is 62.1 Å². The van der Waals surface area contributed by atoms with Crippen LogP contribution in [0.1, 0.15) is 11.1 Å². The molecule has 0 aliphatic rings. The van der Waals surface area contributed by atoms with Crippen LogP contribution in [0.2, 0.25) is 0 Å². The zero-order valence-corrected chi connectivity index (χ0v) is 18.1. The molecule has 1 N–H and O–H groups in total. The summed E-state index contributed by atoms with van der Waals surface area (Å²) in [7, 11) is 1.57. The van der Waals surface area contributed by atoms with Gasteiger partial charge in [0.05, 0.1) is 17.3 Å². The van der Waals surface area contributed by atoms with Crippen molar-refractivity contribution in [2.75, 3.05) is 12.4 Å². The van der Waals surface area contributed by atoms with Crippen LogP contribution in [-0.4, -0.2) is 13.0 Å². The second-order valence-corrected chi connectivity index (χ2v) is 7.68. The monoisotopic (exact) mass is 526 g/mol. The molecule has 2 rings (SSSR count). The van der Waals surface area contributed by atoms with Gasteiger partial charge in [-0.05, 0) is 96.2 Å². The van der Waals surface area contributed by atoms with Gasteiger partial charge in [-0.3, -0.25) is 4.79 Å². The number of hydrogen-bond donors (Lipinski definition) is 1. The molecule has 0 aliphatic heterocycles. The third-order valence-corrected chi connectivity index (χ3v) is 5.15. The third-order valence-electron chi connectivity index (χ3n) is 3.28. The first-order chi connectivity index (χ1) is 11.8. The van der Waals surface area contributed by atoms with Crippen molar-refractivity contribution < 1.29 is 9.53 Å². The van der Waals surface area contributed by atoms with Gasteiger partial charge in [0.2, 0.25) is 0 Å². The van der Waals surface area contributed by atoms with Gasteiger partial charge in [0.15, 0.2) is 0 Å². The quantitative estimate of drug-likeness (QED) is 0.401. The number of hydrogen-bond acceptors (Lipinski definition) is 3. The van der Waals surface area contributed by atoms with E-state index in [1.807, 2.05) is 25.1 Å². The van der Waals surface area contributed by atoms with Gasteiger partial charge < -0.3 is 10.1 Å². The molecule has 0 saturated heterocycles. The third kappa shape index (κ3) is 4.94. The van der Waals surface area contributed by atoms with Gasteiger partial charge in [0, 0.05) is 8.95 Å². The molecule has 1 amide bonds. The Morgan fingerprint density at radius 2 is 1.80 bits per heavy atom. The average Bonchev–Trinajstić information content (AvgIpc) is 2.55. The first-order valence-electron chi connectivity index (χ1n) is 7.08. The van der Waals surface area contributed by atoms with Crippen LogP contribution < -0.4 is 10.1 Å². The van der Waals surface area contributed by atoms with Crippen molar-refractivity contribution in [3.05, 3.63) is 60.5 Å². The van der Waals surface area contributed by atoms with Crippen molar-refractivity contribution in [2.24, 2.45) is 0 Å². The van der Waals surface area contributed by atoms with Crippen molar-refractivity contribution in [3.63, 3.8) is 0 Å². The van der Waals surface area contributed by atoms with E-state index < -0.39 is 5.91 Å². The molecule has 2 aromatic rings. The lowest BCUT2D eigenvalue weighted by atomic mass is 10.1. The SMILES string of the molecule is COc1ccc(/C=C(\C#N)C(=O)Nc2c(Br)cc(C)cc2Br)cc1Br. The predicted molar refractivity (Wildman–Crippen MR) is 109 cm³/mol. The van der Waals surface area contributed by atoms with Crippen molar-refractivity contribution in [3.8, 4) is 11.8 Å². The first kappa shape index (κ1) is 19.7. The Hall–Kier alpha value is -1.62. The summed E-state index contributed by atoms with van der Waals surface area (Å²) in [6.45, 7) is 1.95. The summed E-state index contributed by atoms with van der Waals surface area (Å²) in [5.41, 5.74) is 2.32. The molecule has 4 nitrogen and oxygen atoms in total. The van der Waals surface area contributed by atoms with E-state index in [0.29, 0.717) is 17.0 Å². The smallest absolute Gasteiger partial charge is 0.266 e. The van der Waals surface area contributed by atoms with E-state index in [4.69, 9.17) is 4.74 Å². The highest BCUT2D eigenvalue weighted by molar-refractivity contribution is 9.11. The van der Waals surface area contributed by atoms with Crippen LogP contribution in [0.15, 0.2) is 49.3 Å². The van der Waals surface area contributed by atoms with Gasteiger partial charge in [0.1, 0.15) is 17.4 Å². The van der Waals surface area contributed by atoms with E-state index in [1.165, 1.54) is 6.08 Å². The van der Waals surface area contributed by atoms with Crippen LogP contribution in [0.3, 0.4) is 0 Å². The number of nitrogens with one attached hydrogen (secondary N) is 1. The zero-order chi connectivity index (χ0) is 18.6. The lowest BCUT2D eigenvalue weighted by molar-refractivity contribution is -0.112. The Morgan fingerprint density at radius 3 is 2.32 bits per heavy atom. The minimum absolute atomic E-state index is 0.00329. The van der Waals surface area contributed by atoms with Crippen LogP contribution in [0.5, 0.6) is 5.75 Å². The number of aryl methyl sites for hydroxylation is 1. The van der Waals surface area contributed by atoms with Gasteiger partial charge in [-0.1, -0.05) is 6.07 Å². The molecular formula is C18H13Br3N2O2. The maximum absolute atomic E-state index is 12.5. The molecule has 0 radical (unpaired) electrons. The largest absolute Gasteiger partial charge is 0.496 e. The Morgan fingerprint density at radius 1 is 1.16 bits per heavy atom. The normalized spacial score (nSPS) is 11.0. The summed E-state index contributed by atoms with van der Waals surface area (Å²) in [4.78, 5) is 12.5. The Bertz CT molecular complexity index is 879. The summed E-state index contributed by atoms with van der Waals surface area (Å²) < 4.78 is 7.38. The Balaban J connectivity index is 2.30. The standard InChI is InChI=1S/C18H13Br3N2O2/c1-10-5-14(20)17(15(21)6-10)23-18(24)12(9-22)7-11-3-4-16(25-2)13(19)8-11/h3-8H,1-2H3,(H,23,24)/b12-7+. The van der Waals surface area contributed by atoms with Crippen LogP contribution in [0, 0.1) is 18.3 Å². The summed E-state index contributed by atoms with van der Waals surface area (Å²) in [6, 6.07) is 11.0. The average molecular weight is 529 g/mol.